The number of carbonyl (C=O) groups is 2. The highest BCUT2D eigenvalue weighted by atomic mass is 16.7. The summed E-state index contributed by atoms with van der Waals surface area (Å²) in [5.41, 5.74) is 2.16. The van der Waals surface area contributed by atoms with E-state index in [0.717, 1.165) is 22.2 Å². The van der Waals surface area contributed by atoms with Crippen LogP contribution < -0.4 is 0 Å². The van der Waals surface area contributed by atoms with E-state index in [1.807, 2.05) is 65.8 Å². The van der Waals surface area contributed by atoms with E-state index in [9.17, 15) is 9.59 Å². The van der Waals surface area contributed by atoms with Gasteiger partial charge in [0.15, 0.2) is 5.41 Å². The summed E-state index contributed by atoms with van der Waals surface area (Å²) in [5.74, 6) is -1.36. The van der Waals surface area contributed by atoms with E-state index < -0.39 is 35.7 Å². The predicted octanol–water partition coefficient (Wildman–Crippen LogP) is 4.62. The van der Waals surface area contributed by atoms with Crippen molar-refractivity contribution in [3.05, 3.63) is 64.8 Å². The molecule has 0 radical (unpaired) electrons. The molecule has 0 unspecified atom stereocenters. The van der Waals surface area contributed by atoms with Gasteiger partial charge in [0.25, 0.3) is 0 Å². The summed E-state index contributed by atoms with van der Waals surface area (Å²) in [4.78, 5) is 25.8. The van der Waals surface area contributed by atoms with Gasteiger partial charge >= 0.3 is 19.1 Å². The fourth-order valence-corrected chi connectivity index (χ4v) is 4.24. The number of ether oxygens (including phenoxy) is 2. The van der Waals surface area contributed by atoms with Crippen LogP contribution in [0.1, 0.15) is 52.2 Å². The molecule has 0 aromatic heterocycles. The molecular weight excluding hydrogens is 419 g/mol. The predicted molar refractivity (Wildman–Crippen MR) is 128 cm³/mol. The molecule has 1 heterocycles. The van der Waals surface area contributed by atoms with Crippen molar-refractivity contribution in [2.24, 2.45) is 5.41 Å². The van der Waals surface area contributed by atoms with Crippen LogP contribution in [-0.2, 0) is 28.4 Å². The molecule has 0 N–H and O–H groups in total. The maximum absolute atomic E-state index is 12.9. The van der Waals surface area contributed by atoms with Gasteiger partial charge in [-0.2, -0.15) is 0 Å². The van der Waals surface area contributed by atoms with Crippen molar-refractivity contribution >= 4 is 24.5 Å². The van der Waals surface area contributed by atoms with Crippen LogP contribution in [0.2, 0.25) is 0 Å². The number of carbonyl (C=O) groups excluding carboxylic acids is 2. The Labute approximate surface area is 196 Å². The summed E-state index contributed by atoms with van der Waals surface area (Å²) in [7, 11) is 1.82. The Morgan fingerprint density at radius 1 is 0.970 bits per heavy atom. The Hall–Kier alpha value is -2.64. The second-order valence-electron chi connectivity index (χ2n) is 9.82. The SMILES string of the molecule is C=C(C)C1=CC(C(=O)OC)(C(=O)OC)C/C1=C(/B1OC(C)(C)C(C)(C)O1)c1ccc(C)cc1. The highest BCUT2D eigenvalue weighted by molar-refractivity contribution is 6.69. The molecule has 0 saturated carbocycles. The number of hydrogen-bond acceptors (Lipinski definition) is 6. The van der Waals surface area contributed by atoms with E-state index >= 15 is 0 Å². The molecule has 1 saturated heterocycles. The number of hydrogen-bond donors (Lipinski definition) is 0. The number of esters is 2. The molecule has 176 valence electrons. The number of allylic oxidation sites excluding steroid dienone is 3. The lowest BCUT2D eigenvalue weighted by Crippen LogP contribution is -2.41. The van der Waals surface area contributed by atoms with Crippen molar-refractivity contribution in [3.63, 3.8) is 0 Å². The minimum Gasteiger partial charge on any atom is -0.468 e. The van der Waals surface area contributed by atoms with Crippen LogP contribution in [0.5, 0.6) is 0 Å². The number of aryl methyl sites for hydroxylation is 1. The van der Waals surface area contributed by atoms with Crippen molar-refractivity contribution in [2.75, 3.05) is 14.2 Å². The van der Waals surface area contributed by atoms with Crippen LogP contribution in [-0.4, -0.2) is 44.5 Å². The molecule has 0 spiro atoms. The second-order valence-corrected chi connectivity index (χ2v) is 9.82. The third-order valence-electron chi connectivity index (χ3n) is 6.91. The molecule has 1 fully saturated rings. The summed E-state index contributed by atoms with van der Waals surface area (Å²) < 4.78 is 22.9. The fourth-order valence-electron chi connectivity index (χ4n) is 4.24. The first-order valence-corrected chi connectivity index (χ1v) is 11.0. The molecule has 1 aromatic carbocycles. The van der Waals surface area contributed by atoms with Crippen LogP contribution in [0.4, 0.5) is 0 Å². The van der Waals surface area contributed by atoms with Crippen LogP contribution in [0.25, 0.3) is 5.47 Å². The maximum Gasteiger partial charge on any atom is 0.495 e. The van der Waals surface area contributed by atoms with Gasteiger partial charge in [-0.15, -0.1) is 0 Å². The van der Waals surface area contributed by atoms with Crippen molar-refractivity contribution < 1.29 is 28.4 Å². The lowest BCUT2D eigenvalue weighted by atomic mass is 9.69. The second kappa shape index (κ2) is 8.62. The van der Waals surface area contributed by atoms with Crippen LogP contribution in [0.15, 0.2) is 53.6 Å². The van der Waals surface area contributed by atoms with Gasteiger partial charge in [0, 0.05) is 6.42 Å². The molecule has 6 nitrogen and oxygen atoms in total. The zero-order chi connectivity index (χ0) is 24.8. The zero-order valence-corrected chi connectivity index (χ0v) is 20.8. The summed E-state index contributed by atoms with van der Waals surface area (Å²) in [5, 5.41) is 0. The van der Waals surface area contributed by atoms with Crippen LogP contribution in [0, 0.1) is 12.3 Å². The van der Waals surface area contributed by atoms with Crippen LogP contribution in [0.3, 0.4) is 0 Å². The van der Waals surface area contributed by atoms with Crippen molar-refractivity contribution in [3.8, 4) is 0 Å². The molecule has 1 aliphatic heterocycles. The molecule has 1 aliphatic carbocycles. The van der Waals surface area contributed by atoms with E-state index in [4.69, 9.17) is 18.8 Å². The zero-order valence-electron chi connectivity index (χ0n) is 20.8. The average Bonchev–Trinajstić information content (AvgIpc) is 3.24. The van der Waals surface area contributed by atoms with Crippen LogP contribution >= 0.6 is 0 Å². The van der Waals surface area contributed by atoms with Gasteiger partial charge < -0.3 is 18.8 Å². The minimum absolute atomic E-state index is 0.0574. The fraction of sp³-hybridized carbons (Fsp3) is 0.462. The van der Waals surface area contributed by atoms with Crippen molar-refractivity contribution in [2.45, 2.75) is 59.2 Å². The molecular formula is C26H33BO6. The Bertz CT molecular complexity index is 1010. The first-order valence-electron chi connectivity index (χ1n) is 11.0. The summed E-state index contributed by atoms with van der Waals surface area (Å²) >= 11 is 0. The number of methoxy groups -OCH3 is 2. The Morgan fingerprint density at radius 3 is 1.88 bits per heavy atom. The smallest absolute Gasteiger partial charge is 0.468 e. The number of benzene rings is 1. The maximum atomic E-state index is 12.9. The first kappa shape index (κ1) is 25.0. The third-order valence-corrected chi connectivity index (χ3v) is 6.91. The first-order chi connectivity index (χ1) is 15.3. The molecule has 2 aliphatic rings. The molecule has 1 aromatic rings. The topological polar surface area (TPSA) is 71.1 Å². The monoisotopic (exact) mass is 452 g/mol. The minimum atomic E-state index is -1.60. The highest BCUT2D eigenvalue weighted by Crippen LogP contribution is 2.50. The Kier molecular flexibility index (Phi) is 6.53. The lowest BCUT2D eigenvalue weighted by Gasteiger charge is -2.32. The highest BCUT2D eigenvalue weighted by Gasteiger charge is 2.56. The van der Waals surface area contributed by atoms with Gasteiger partial charge in [0.2, 0.25) is 0 Å². The molecule has 0 amide bonds. The van der Waals surface area contributed by atoms with Crippen molar-refractivity contribution in [1.82, 2.24) is 0 Å². The lowest BCUT2D eigenvalue weighted by molar-refractivity contribution is -0.164. The molecule has 0 bridgehead atoms. The van der Waals surface area contributed by atoms with Gasteiger partial charge in [0.05, 0.1) is 25.4 Å². The molecule has 3 rings (SSSR count). The Balaban J connectivity index is 2.30. The van der Waals surface area contributed by atoms with E-state index in [2.05, 4.69) is 6.58 Å². The van der Waals surface area contributed by atoms with Gasteiger partial charge in [-0.05, 0) is 69.8 Å². The standard InChI is InChI=1S/C26H33BO6/c1-16(2)19-14-26(22(28)30-8,23(29)31-9)15-20(19)21(18-12-10-17(3)11-13-18)27-32-24(4,5)25(6,7)33-27/h10-14H,1,15H2,2-9H3/b21-20-. The quantitative estimate of drug-likeness (QED) is 0.369. The van der Waals surface area contributed by atoms with E-state index in [1.54, 1.807) is 6.08 Å². The van der Waals surface area contributed by atoms with Gasteiger partial charge in [-0.25, -0.2) is 0 Å². The van der Waals surface area contributed by atoms with E-state index in [-0.39, 0.29) is 6.42 Å². The summed E-state index contributed by atoms with van der Waals surface area (Å²) in [6, 6.07) is 8.01. The molecule has 33 heavy (non-hydrogen) atoms. The third kappa shape index (κ3) is 4.20. The van der Waals surface area contributed by atoms with Gasteiger partial charge in [0.1, 0.15) is 0 Å². The van der Waals surface area contributed by atoms with Gasteiger partial charge in [-0.1, -0.05) is 42.0 Å². The number of rotatable bonds is 5. The largest absolute Gasteiger partial charge is 0.495 e. The van der Waals surface area contributed by atoms with E-state index in [1.165, 1.54) is 14.2 Å². The summed E-state index contributed by atoms with van der Waals surface area (Å²) in [6.07, 6.45) is 1.67. The van der Waals surface area contributed by atoms with E-state index in [0.29, 0.717) is 11.1 Å². The Morgan fingerprint density at radius 2 is 1.45 bits per heavy atom. The summed E-state index contributed by atoms with van der Waals surface area (Å²) in [6.45, 7) is 15.9. The van der Waals surface area contributed by atoms with Gasteiger partial charge in [-0.3, -0.25) is 9.59 Å². The van der Waals surface area contributed by atoms with Crippen molar-refractivity contribution in [1.29, 1.82) is 0 Å². The molecule has 0 atom stereocenters. The average molecular weight is 452 g/mol. The molecule has 7 heteroatoms. The normalized spacial score (nSPS) is 21.9.